The Morgan fingerprint density at radius 1 is 1.32 bits per heavy atom. The standard InChI is InChI=1S/C18H22N2O2/c1-5-6-16(19-13(2)3)20-17(21)18(11-12-18)14-7-9-15(22-4)10-8-14/h5-10H,1,11-12H2,2-4H3,(H,20,21)/b16-6+. The topological polar surface area (TPSA) is 50.7 Å². The van der Waals surface area contributed by atoms with Gasteiger partial charge >= 0.3 is 0 Å². The number of allylic oxidation sites excluding steroid dienone is 2. The van der Waals surface area contributed by atoms with Gasteiger partial charge in [-0.1, -0.05) is 24.8 Å². The Morgan fingerprint density at radius 3 is 2.41 bits per heavy atom. The number of nitrogens with zero attached hydrogens (tertiary/aromatic N) is 1. The predicted molar refractivity (Wildman–Crippen MR) is 89.1 cm³/mol. The smallest absolute Gasteiger partial charge is 0.236 e. The molecule has 2 rings (SSSR count). The molecule has 0 saturated heterocycles. The highest BCUT2D eigenvalue weighted by molar-refractivity contribution is 5.93. The van der Waals surface area contributed by atoms with Crippen LogP contribution in [0.5, 0.6) is 5.75 Å². The molecule has 1 aliphatic carbocycles. The van der Waals surface area contributed by atoms with Gasteiger partial charge in [-0.2, -0.15) is 0 Å². The van der Waals surface area contributed by atoms with E-state index in [0.29, 0.717) is 5.82 Å². The van der Waals surface area contributed by atoms with Gasteiger partial charge in [0.15, 0.2) is 0 Å². The van der Waals surface area contributed by atoms with Crippen molar-refractivity contribution in [2.75, 3.05) is 7.11 Å². The average Bonchev–Trinajstić information content (AvgIpc) is 3.28. The maximum atomic E-state index is 12.7. The van der Waals surface area contributed by atoms with Gasteiger partial charge in [0.1, 0.15) is 11.6 Å². The fraction of sp³-hybridized carbons (Fsp3) is 0.333. The van der Waals surface area contributed by atoms with E-state index in [-0.39, 0.29) is 5.91 Å². The van der Waals surface area contributed by atoms with Crippen LogP contribution in [0.1, 0.15) is 32.3 Å². The summed E-state index contributed by atoms with van der Waals surface area (Å²) in [6.07, 6.45) is 5.02. The highest BCUT2D eigenvalue weighted by atomic mass is 16.5. The molecule has 0 aliphatic heterocycles. The monoisotopic (exact) mass is 298 g/mol. The summed E-state index contributed by atoms with van der Waals surface area (Å²) in [4.78, 5) is 17.0. The third kappa shape index (κ3) is 3.45. The number of aliphatic imine (C=N–C) groups is 1. The first kappa shape index (κ1) is 16.0. The van der Waals surface area contributed by atoms with Crippen molar-refractivity contribution in [3.05, 3.63) is 54.4 Å². The number of methoxy groups -OCH3 is 1. The Bertz CT molecular complexity index is 619. The summed E-state index contributed by atoms with van der Waals surface area (Å²) >= 11 is 0. The van der Waals surface area contributed by atoms with Crippen molar-refractivity contribution in [2.45, 2.75) is 32.1 Å². The number of ether oxygens (including phenoxy) is 1. The number of rotatable bonds is 6. The van der Waals surface area contributed by atoms with Gasteiger partial charge in [0.2, 0.25) is 5.91 Å². The molecule has 0 atom stereocenters. The average molecular weight is 298 g/mol. The lowest BCUT2D eigenvalue weighted by molar-refractivity contribution is -0.122. The van der Waals surface area contributed by atoms with Crippen LogP contribution in [-0.2, 0) is 10.2 Å². The Labute approximate surface area is 131 Å². The number of amides is 1. The zero-order chi connectivity index (χ0) is 16.2. The SMILES string of the molecule is C=C/C=C(\N=C(C)C)NC(=O)C1(c2ccc(OC)cc2)CC1. The van der Waals surface area contributed by atoms with Crippen LogP contribution >= 0.6 is 0 Å². The molecule has 0 bridgehead atoms. The molecule has 0 unspecified atom stereocenters. The molecule has 1 saturated carbocycles. The Kier molecular flexibility index (Phi) is 4.81. The van der Waals surface area contributed by atoms with Crippen LogP contribution in [0, 0.1) is 0 Å². The molecule has 1 aromatic rings. The van der Waals surface area contributed by atoms with E-state index in [9.17, 15) is 4.79 Å². The van der Waals surface area contributed by atoms with Crippen LogP contribution in [0.3, 0.4) is 0 Å². The molecular weight excluding hydrogens is 276 g/mol. The summed E-state index contributed by atoms with van der Waals surface area (Å²) in [5.74, 6) is 1.30. The molecule has 1 amide bonds. The summed E-state index contributed by atoms with van der Waals surface area (Å²) in [5, 5.41) is 2.91. The van der Waals surface area contributed by atoms with Crippen molar-refractivity contribution in [1.29, 1.82) is 0 Å². The van der Waals surface area contributed by atoms with Crippen LogP contribution in [0.15, 0.2) is 53.8 Å². The molecule has 4 heteroatoms. The van der Waals surface area contributed by atoms with E-state index in [4.69, 9.17) is 4.74 Å². The molecule has 0 aromatic heterocycles. The largest absolute Gasteiger partial charge is 0.497 e. The van der Waals surface area contributed by atoms with E-state index >= 15 is 0 Å². The van der Waals surface area contributed by atoms with Gasteiger partial charge in [-0.15, -0.1) is 0 Å². The molecule has 1 N–H and O–H groups in total. The van der Waals surface area contributed by atoms with Crippen LogP contribution < -0.4 is 10.1 Å². The third-order valence-electron chi connectivity index (χ3n) is 3.69. The van der Waals surface area contributed by atoms with Crippen LogP contribution in [0.2, 0.25) is 0 Å². The third-order valence-corrected chi connectivity index (χ3v) is 3.69. The second kappa shape index (κ2) is 6.60. The zero-order valence-electron chi connectivity index (χ0n) is 13.3. The van der Waals surface area contributed by atoms with Crippen LogP contribution in [0.25, 0.3) is 0 Å². The van der Waals surface area contributed by atoms with Crippen LogP contribution in [0.4, 0.5) is 0 Å². The minimum absolute atomic E-state index is 0.0178. The van der Waals surface area contributed by atoms with E-state index in [1.54, 1.807) is 19.3 Å². The minimum Gasteiger partial charge on any atom is -0.497 e. The summed E-state index contributed by atoms with van der Waals surface area (Å²) in [5.41, 5.74) is 1.45. The molecule has 0 heterocycles. The summed E-state index contributed by atoms with van der Waals surface area (Å²) < 4.78 is 5.16. The van der Waals surface area contributed by atoms with Gasteiger partial charge in [-0.25, -0.2) is 4.99 Å². The first-order valence-electron chi connectivity index (χ1n) is 7.32. The van der Waals surface area contributed by atoms with E-state index in [1.165, 1.54) is 0 Å². The fourth-order valence-corrected chi connectivity index (χ4v) is 2.38. The molecule has 116 valence electrons. The maximum Gasteiger partial charge on any atom is 0.236 e. The number of hydrogen-bond donors (Lipinski definition) is 1. The normalized spacial score (nSPS) is 15.7. The van der Waals surface area contributed by atoms with E-state index in [1.807, 2.05) is 38.1 Å². The van der Waals surface area contributed by atoms with Crippen molar-refractivity contribution in [3.8, 4) is 5.75 Å². The van der Waals surface area contributed by atoms with Gasteiger partial charge in [0, 0.05) is 5.71 Å². The minimum atomic E-state index is -0.441. The van der Waals surface area contributed by atoms with E-state index in [2.05, 4.69) is 16.9 Å². The second-order valence-electron chi connectivity index (χ2n) is 5.61. The first-order valence-corrected chi connectivity index (χ1v) is 7.32. The molecule has 0 radical (unpaired) electrons. The lowest BCUT2D eigenvalue weighted by atomic mass is 9.95. The fourth-order valence-electron chi connectivity index (χ4n) is 2.38. The Hall–Kier alpha value is -2.36. The second-order valence-corrected chi connectivity index (χ2v) is 5.61. The molecule has 4 nitrogen and oxygen atoms in total. The van der Waals surface area contributed by atoms with E-state index in [0.717, 1.165) is 29.9 Å². The van der Waals surface area contributed by atoms with Crippen molar-refractivity contribution in [2.24, 2.45) is 4.99 Å². The first-order chi connectivity index (χ1) is 10.5. The van der Waals surface area contributed by atoms with Crippen molar-refractivity contribution in [1.82, 2.24) is 5.32 Å². The lowest BCUT2D eigenvalue weighted by Crippen LogP contribution is -2.34. The molecular formula is C18H22N2O2. The van der Waals surface area contributed by atoms with Crippen molar-refractivity contribution < 1.29 is 9.53 Å². The Balaban J connectivity index is 2.18. The summed E-state index contributed by atoms with van der Waals surface area (Å²) in [7, 11) is 1.63. The number of benzene rings is 1. The van der Waals surface area contributed by atoms with Gasteiger partial charge in [0.25, 0.3) is 0 Å². The highest BCUT2D eigenvalue weighted by Crippen LogP contribution is 2.48. The molecule has 1 aromatic carbocycles. The van der Waals surface area contributed by atoms with E-state index < -0.39 is 5.41 Å². The highest BCUT2D eigenvalue weighted by Gasteiger charge is 2.51. The summed E-state index contributed by atoms with van der Waals surface area (Å²) in [6, 6.07) is 7.68. The van der Waals surface area contributed by atoms with Crippen molar-refractivity contribution in [3.63, 3.8) is 0 Å². The van der Waals surface area contributed by atoms with Gasteiger partial charge in [0.05, 0.1) is 12.5 Å². The lowest BCUT2D eigenvalue weighted by Gasteiger charge is -2.16. The van der Waals surface area contributed by atoms with Gasteiger partial charge < -0.3 is 10.1 Å². The van der Waals surface area contributed by atoms with Crippen LogP contribution in [-0.4, -0.2) is 18.7 Å². The number of carbonyl (C=O) groups is 1. The number of carbonyl (C=O) groups excluding carboxylic acids is 1. The maximum absolute atomic E-state index is 12.7. The predicted octanol–water partition coefficient (Wildman–Crippen LogP) is 3.35. The molecule has 1 fully saturated rings. The Morgan fingerprint density at radius 2 is 1.95 bits per heavy atom. The zero-order valence-corrected chi connectivity index (χ0v) is 13.3. The molecule has 0 spiro atoms. The molecule has 1 aliphatic rings. The van der Waals surface area contributed by atoms with Gasteiger partial charge in [-0.05, 0) is 50.5 Å². The number of nitrogens with one attached hydrogen (secondary N) is 1. The number of hydrogen-bond acceptors (Lipinski definition) is 3. The molecule has 22 heavy (non-hydrogen) atoms. The quantitative estimate of drug-likeness (QED) is 0.647. The van der Waals surface area contributed by atoms with Gasteiger partial charge in [-0.3, -0.25) is 4.79 Å². The van der Waals surface area contributed by atoms with Crippen molar-refractivity contribution >= 4 is 11.6 Å². The summed E-state index contributed by atoms with van der Waals surface area (Å²) in [6.45, 7) is 7.44.